The smallest absolute Gasteiger partial charge is 0.287 e. The first-order valence-electron chi connectivity index (χ1n) is 8.13. The standard InChI is InChI=1S/C18H18FN3O2/c1-11-5-6-14(19)17-13(11)8-15(24-17)18(23)20-9-12-10-22-7-3-2-4-16(22)21-12/h5-6,8,10H,2-4,7,9H2,1H3,(H,20,23). The van der Waals surface area contributed by atoms with Crippen molar-refractivity contribution >= 4 is 16.9 Å². The van der Waals surface area contributed by atoms with Crippen molar-refractivity contribution in [3.63, 3.8) is 0 Å². The molecule has 4 rings (SSSR count). The van der Waals surface area contributed by atoms with Crippen LogP contribution in [0.3, 0.4) is 0 Å². The number of benzene rings is 1. The van der Waals surface area contributed by atoms with E-state index in [0.29, 0.717) is 11.9 Å². The number of halogens is 1. The van der Waals surface area contributed by atoms with Crippen molar-refractivity contribution in [1.29, 1.82) is 0 Å². The molecule has 0 unspecified atom stereocenters. The summed E-state index contributed by atoms with van der Waals surface area (Å²) in [7, 11) is 0. The van der Waals surface area contributed by atoms with Gasteiger partial charge < -0.3 is 14.3 Å². The van der Waals surface area contributed by atoms with Gasteiger partial charge in [0.25, 0.3) is 5.91 Å². The van der Waals surface area contributed by atoms with Gasteiger partial charge in [0, 0.05) is 24.5 Å². The summed E-state index contributed by atoms with van der Waals surface area (Å²) in [6.45, 7) is 3.17. The second-order valence-electron chi connectivity index (χ2n) is 6.20. The van der Waals surface area contributed by atoms with Crippen LogP contribution in [-0.2, 0) is 19.5 Å². The Morgan fingerprint density at radius 1 is 1.42 bits per heavy atom. The lowest BCUT2D eigenvalue weighted by Gasteiger charge is -2.11. The topological polar surface area (TPSA) is 60.1 Å². The number of aromatic nitrogens is 2. The van der Waals surface area contributed by atoms with Crippen molar-refractivity contribution in [1.82, 2.24) is 14.9 Å². The molecule has 3 heterocycles. The maximum absolute atomic E-state index is 13.8. The molecule has 0 saturated heterocycles. The molecule has 124 valence electrons. The minimum atomic E-state index is -0.462. The lowest BCUT2D eigenvalue weighted by molar-refractivity contribution is 0.0924. The number of amides is 1. The van der Waals surface area contributed by atoms with E-state index in [-0.39, 0.29) is 17.3 Å². The molecule has 3 aromatic rings. The van der Waals surface area contributed by atoms with Crippen molar-refractivity contribution in [2.24, 2.45) is 0 Å². The summed E-state index contributed by atoms with van der Waals surface area (Å²) >= 11 is 0. The van der Waals surface area contributed by atoms with Crippen LogP contribution in [0.5, 0.6) is 0 Å². The van der Waals surface area contributed by atoms with E-state index in [1.165, 1.54) is 12.5 Å². The van der Waals surface area contributed by atoms with Crippen LogP contribution in [0.2, 0.25) is 0 Å². The Bertz CT molecular complexity index is 863. The summed E-state index contributed by atoms with van der Waals surface area (Å²) in [6.07, 6.45) is 5.29. The molecule has 0 radical (unpaired) electrons. The predicted octanol–water partition coefficient (Wildman–Crippen LogP) is 3.34. The average Bonchev–Trinajstić information content (AvgIpc) is 3.20. The van der Waals surface area contributed by atoms with Crippen LogP contribution in [0.1, 0.15) is 40.5 Å². The molecule has 1 aliphatic heterocycles. The molecule has 6 heteroatoms. The zero-order valence-electron chi connectivity index (χ0n) is 13.4. The maximum Gasteiger partial charge on any atom is 0.287 e. The summed E-state index contributed by atoms with van der Waals surface area (Å²) in [5.74, 6) is 0.363. The zero-order valence-corrected chi connectivity index (χ0v) is 13.4. The predicted molar refractivity (Wildman–Crippen MR) is 87.2 cm³/mol. The van der Waals surface area contributed by atoms with Crippen molar-refractivity contribution in [3.05, 3.63) is 53.1 Å². The molecule has 0 saturated carbocycles. The minimum Gasteiger partial charge on any atom is -0.448 e. The van der Waals surface area contributed by atoms with Gasteiger partial charge in [0.2, 0.25) is 0 Å². The highest BCUT2D eigenvalue weighted by molar-refractivity contribution is 5.96. The molecule has 5 nitrogen and oxygen atoms in total. The van der Waals surface area contributed by atoms with E-state index in [2.05, 4.69) is 14.9 Å². The third-order valence-corrected chi connectivity index (χ3v) is 4.47. The summed E-state index contributed by atoms with van der Waals surface area (Å²) in [4.78, 5) is 16.8. The monoisotopic (exact) mass is 327 g/mol. The average molecular weight is 327 g/mol. The highest BCUT2D eigenvalue weighted by Crippen LogP contribution is 2.25. The van der Waals surface area contributed by atoms with Crippen LogP contribution < -0.4 is 5.32 Å². The van der Waals surface area contributed by atoms with Gasteiger partial charge in [-0.15, -0.1) is 0 Å². The third-order valence-electron chi connectivity index (χ3n) is 4.47. The zero-order chi connectivity index (χ0) is 16.7. The van der Waals surface area contributed by atoms with Crippen LogP contribution in [0, 0.1) is 12.7 Å². The number of carbonyl (C=O) groups excluding carboxylic acids is 1. The van der Waals surface area contributed by atoms with Gasteiger partial charge in [-0.2, -0.15) is 0 Å². The fourth-order valence-electron chi connectivity index (χ4n) is 3.15. The Balaban J connectivity index is 1.51. The summed E-state index contributed by atoms with van der Waals surface area (Å²) in [5, 5.41) is 3.42. The first kappa shape index (κ1) is 14.9. The van der Waals surface area contributed by atoms with Crippen molar-refractivity contribution in [3.8, 4) is 0 Å². The number of nitrogens with one attached hydrogen (secondary N) is 1. The molecule has 1 aromatic carbocycles. The number of rotatable bonds is 3. The van der Waals surface area contributed by atoms with Gasteiger partial charge in [-0.25, -0.2) is 9.37 Å². The van der Waals surface area contributed by atoms with Crippen LogP contribution in [0.15, 0.2) is 28.8 Å². The molecule has 0 spiro atoms. The number of nitrogens with zero attached hydrogens (tertiary/aromatic N) is 2. The number of furan rings is 1. The van der Waals surface area contributed by atoms with Gasteiger partial charge >= 0.3 is 0 Å². The minimum absolute atomic E-state index is 0.113. The van der Waals surface area contributed by atoms with Gasteiger partial charge in [-0.1, -0.05) is 6.07 Å². The van der Waals surface area contributed by atoms with Crippen LogP contribution in [0.25, 0.3) is 11.0 Å². The molecule has 0 atom stereocenters. The quantitative estimate of drug-likeness (QED) is 0.802. The molecule has 0 bridgehead atoms. The van der Waals surface area contributed by atoms with E-state index in [1.54, 1.807) is 12.1 Å². The van der Waals surface area contributed by atoms with Gasteiger partial charge in [0.1, 0.15) is 5.82 Å². The largest absolute Gasteiger partial charge is 0.448 e. The molecule has 1 N–H and O–H groups in total. The second-order valence-corrected chi connectivity index (χ2v) is 6.20. The van der Waals surface area contributed by atoms with E-state index < -0.39 is 5.82 Å². The van der Waals surface area contributed by atoms with Crippen LogP contribution >= 0.6 is 0 Å². The summed E-state index contributed by atoms with van der Waals surface area (Å²) in [6, 6.07) is 4.60. The van der Waals surface area contributed by atoms with Gasteiger partial charge in [0.15, 0.2) is 17.2 Å². The number of aryl methyl sites for hydroxylation is 3. The summed E-state index contributed by atoms with van der Waals surface area (Å²) < 4.78 is 21.3. The highest BCUT2D eigenvalue weighted by atomic mass is 19.1. The normalized spacial score (nSPS) is 13.9. The van der Waals surface area contributed by atoms with E-state index in [9.17, 15) is 9.18 Å². The molecule has 1 aliphatic rings. The molecular formula is C18H18FN3O2. The van der Waals surface area contributed by atoms with E-state index in [4.69, 9.17) is 4.42 Å². The molecule has 0 fully saturated rings. The molecule has 2 aromatic heterocycles. The number of imidazole rings is 1. The molecule has 24 heavy (non-hydrogen) atoms. The lowest BCUT2D eigenvalue weighted by atomic mass is 10.1. The fourth-order valence-corrected chi connectivity index (χ4v) is 3.15. The van der Waals surface area contributed by atoms with Crippen molar-refractivity contribution < 1.29 is 13.6 Å². The Kier molecular flexibility index (Phi) is 3.59. The number of carbonyl (C=O) groups is 1. The van der Waals surface area contributed by atoms with E-state index >= 15 is 0 Å². The Labute approximate surface area is 138 Å². The van der Waals surface area contributed by atoms with E-state index in [1.807, 2.05) is 13.1 Å². The van der Waals surface area contributed by atoms with Crippen molar-refractivity contribution in [2.75, 3.05) is 0 Å². The first-order chi connectivity index (χ1) is 11.6. The molecular weight excluding hydrogens is 309 g/mol. The van der Waals surface area contributed by atoms with Gasteiger partial charge in [-0.05, 0) is 37.5 Å². The van der Waals surface area contributed by atoms with Gasteiger partial charge in [0.05, 0.1) is 12.2 Å². The number of hydrogen-bond acceptors (Lipinski definition) is 3. The molecule has 1 amide bonds. The first-order valence-corrected chi connectivity index (χ1v) is 8.13. The summed E-state index contributed by atoms with van der Waals surface area (Å²) in [5.41, 5.74) is 1.83. The second kappa shape index (κ2) is 5.78. The third kappa shape index (κ3) is 2.58. The highest BCUT2D eigenvalue weighted by Gasteiger charge is 2.17. The fraction of sp³-hybridized carbons (Fsp3) is 0.333. The molecule has 0 aliphatic carbocycles. The van der Waals surface area contributed by atoms with Gasteiger partial charge in [-0.3, -0.25) is 4.79 Å². The lowest BCUT2D eigenvalue weighted by Crippen LogP contribution is -2.22. The SMILES string of the molecule is Cc1ccc(F)c2oc(C(=O)NCc3cn4c(n3)CCCC4)cc12. The Morgan fingerprint density at radius 3 is 3.08 bits per heavy atom. The van der Waals surface area contributed by atoms with Crippen LogP contribution in [-0.4, -0.2) is 15.5 Å². The number of hydrogen-bond donors (Lipinski definition) is 1. The maximum atomic E-state index is 13.8. The van der Waals surface area contributed by atoms with Crippen molar-refractivity contribution in [2.45, 2.75) is 39.3 Å². The van der Waals surface area contributed by atoms with Crippen LogP contribution in [0.4, 0.5) is 4.39 Å². The Hall–Kier alpha value is -2.63. The Morgan fingerprint density at radius 2 is 2.29 bits per heavy atom. The van der Waals surface area contributed by atoms with E-state index in [0.717, 1.165) is 36.5 Å². The number of fused-ring (bicyclic) bond motifs is 2.